The van der Waals surface area contributed by atoms with Crippen LogP contribution in [0.15, 0.2) is 37.4 Å². The molecule has 2 N–H and O–H groups in total. The molecule has 1 aliphatic heterocycles. The molecule has 0 radical (unpaired) electrons. The van der Waals surface area contributed by atoms with Gasteiger partial charge < -0.3 is 9.40 Å². The van der Waals surface area contributed by atoms with Gasteiger partial charge in [-0.25, -0.2) is 18.2 Å². The van der Waals surface area contributed by atoms with Crippen molar-refractivity contribution in [1.29, 1.82) is 0 Å². The zero-order valence-electron chi connectivity index (χ0n) is 13.2. The molecular weight excluding hydrogens is 348 g/mol. The predicted octanol–water partition coefficient (Wildman–Crippen LogP) is 0.260. The molecule has 0 amide bonds. The van der Waals surface area contributed by atoms with Gasteiger partial charge in [0.2, 0.25) is 10.0 Å². The van der Waals surface area contributed by atoms with Gasteiger partial charge in [0, 0.05) is 18.2 Å². The number of aromatic nitrogens is 3. The van der Waals surface area contributed by atoms with Crippen LogP contribution in [0.2, 0.25) is 0 Å². The lowest BCUT2D eigenvalue weighted by Gasteiger charge is -2.27. The van der Waals surface area contributed by atoms with Gasteiger partial charge in [-0.1, -0.05) is 0 Å². The summed E-state index contributed by atoms with van der Waals surface area (Å²) in [6, 6.07) is 2.91. The van der Waals surface area contributed by atoms with E-state index in [-0.39, 0.29) is 35.5 Å². The topological polar surface area (TPSA) is 129 Å². The Labute approximate surface area is 141 Å². The highest BCUT2D eigenvalue weighted by molar-refractivity contribution is 7.89. The normalized spacial score (nSPS) is 15.4. The summed E-state index contributed by atoms with van der Waals surface area (Å²) < 4.78 is 32.3. The Kier molecular flexibility index (Phi) is 3.41. The minimum absolute atomic E-state index is 0.0240. The first-order chi connectivity index (χ1) is 11.9. The number of nitrogens with one attached hydrogen (secondary N) is 2. The lowest BCUT2D eigenvalue weighted by atomic mass is 10.1. The molecule has 3 heterocycles. The number of hydrogen-bond donors (Lipinski definition) is 2. The van der Waals surface area contributed by atoms with E-state index in [2.05, 4.69) is 15.0 Å². The van der Waals surface area contributed by atoms with Gasteiger partial charge in [-0.3, -0.25) is 9.78 Å². The molecule has 3 aromatic rings. The third-order valence-corrected chi connectivity index (χ3v) is 6.30. The van der Waals surface area contributed by atoms with E-state index in [0.29, 0.717) is 22.3 Å². The minimum atomic E-state index is -3.83. The Morgan fingerprint density at radius 3 is 2.88 bits per heavy atom. The van der Waals surface area contributed by atoms with Crippen molar-refractivity contribution in [2.24, 2.45) is 0 Å². The van der Waals surface area contributed by atoms with Gasteiger partial charge in [0.1, 0.15) is 0 Å². The first-order valence-corrected chi connectivity index (χ1v) is 8.99. The second-order valence-corrected chi connectivity index (χ2v) is 7.78. The van der Waals surface area contributed by atoms with Gasteiger partial charge in [-0.2, -0.15) is 4.31 Å². The lowest BCUT2D eigenvalue weighted by molar-refractivity contribution is 0.383. The summed E-state index contributed by atoms with van der Waals surface area (Å²) in [6.07, 6.45) is 1.56. The van der Waals surface area contributed by atoms with E-state index in [0.717, 1.165) is 0 Å². The average Bonchev–Trinajstić information content (AvgIpc) is 2.93. The van der Waals surface area contributed by atoms with Crippen LogP contribution in [-0.4, -0.2) is 34.2 Å². The first-order valence-electron chi connectivity index (χ1n) is 7.55. The number of nitrogens with zero attached hydrogens (tertiary/aromatic N) is 2. The van der Waals surface area contributed by atoms with Crippen LogP contribution in [0, 0.1) is 6.92 Å². The number of aromatic amines is 2. The Morgan fingerprint density at radius 1 is 1.28 bits per heavy atom. The molecule has 0 bridgehead atoms. The second-order valence-electron chi connectivity index (χ2n) is 5.87. The third kappa shape index (κ3) is 2.50. The number of rotatable bonds is 2. The summed E-state index contributed by atoms with van der Waals surface area (Å²) in [5, 5.41) is 0. The average molecular weight is 362 g/mol. The molecule has 0 fully saturated rings. The standard InChI is InChI=1S/C15H14N4O5S/c1-8-4-10-12(24-15(21)18-10)5-13(8)25(22,23)19-3-2-9-11(6-19)16-7-17-14(9)20/h4-5,7H,2-3,6H2,1H3,(H,18,21)(H,16,17,20). The van der Waals surface area contributed by atoms with Gasteiger partial charge in [-0.15, -0.1) is 0 Å². The molecule has 1 aromatic carbocycles. The molecule has 0 spiro atoms. The van der Waals surface area contributed by atoms with E-state index in [9.17, 15) is 18.0 Å². The number of aryl methyl sites for hydroxylation is 1. The van der Waals surface area contributed by atoms with Crippen LogP contribution >= 0.6 is 0 Å². The van der Waals surface area contributed by atoms with Crippen LogP contribution in [0.3, 0.4) is 0 Å². The van der Waals surface area contributed by atoms with E-state index in [1.54, 1.807) is 13.0 Å². The van der Waals surface area contributed by atoms with Crippen LogP contribution in [0.25, 0.3) is 11.1 Å². The van der Waals surface area contributed by atoms with Crippen molar-refractivity contribution in [3.8, 4) is 0 Å². The number of fused-ring (bicyclic) bond motifs is 2. The van der Waals surface area contributed by atoms with Gasteiger partial charge in [0.05, 0.1) is 29.0 Å². The number of sulfonamides is 1. The zero-order chi connectivity index (χ0) is 17.8. The summed E-state index contributed by atoms with van der Waals surface area (Å²) in [5.74, 6) is -0.640. The van der Waals surface area contributed by atoms with Crippen LogP contribution < -0.4 is 11.3 Å². The van der Waals surface area contributed by atoms with Crippen LogP contribution in [0.5, 0.6) is 0 Å². The number of oxazole rings is 1. The predicted molar refractivity (Wildman–Crippen MR) is 87.7 cm³/mol. The van der Waals surface area contributed by atoms with Crippen molar-refractivity contribution >= 4 is 21.1 Å². The molecule has 0 saturated carbocycles. The van der Waals surface area contributed by atoms with Gasteiger partial charge in [-0.05, 0) is 25.0 Å². The maximum absolute atomic E-state index is 13.0. The van der Waals surface area contributed by atoms with E-state index in [1.165, 1.54) is 16.7 Å². The Hall–Kier alpha value is -2.72. The van der Waals surface area contributed by atoms with Crippen LogP contribution in [0.4, 0.5) is 0 Å². The highest BCUT2D eigenvalue weighted by Crippen LogP contribution is 2.27. The van der Waals surface area contributed by atoms with Crippen molar-refractivity contribution in [3.63, 3.8) is 0 Å². The summed E-state index contributed by atoms with van der Waals surface area (Å²) in [5.41, 5.74) is 1.84. The maximum Gasteiger partial charge on any atom is 0.417 e. The molecule has 10 heteroatoms. The smallest absolute Gasteiger partial charge is 0.408 e. The minimum Gasteiger partial charge on any atom is -0.408 e. The van der Waals surface area contributed by atoms with Gasteiger partial charge >= 0.3 is 5.76 Å². The molecular formula is C15H14N4O5S. The Morgan fingerprint density at radius 2 is 2.08 bits per heavy atom. The molecule has 0 atom stereocenters. The fourth-order valence-electron chi connectivity index (χ4n) is 3.05. The van der Waals surface area contributed by atoms with Gasteiger partial charge in [0.15, 0.2) is 5.58 Å². The molecule has 9 nitrogen and oxygen atoms in total. The maximum atomic E-state index is 13.0. The van der Waals surface area contributed by atoms with Gasteiger partial charge in [0.25, 0.3) is 5.56 Å². The van der Waals surface area contributed by atoms with E-state index < -0.39 is 15.8 Å². The number of hydrogen-bond acceptors (Lipinski definition) is 6. The molecule has 2 aromatic heterocycles. The van der Waals surface area contributed by atoms with Crippen molar-refractivity contribution in [1.82, 2.24) is 19.3 Å². The van der Waals surface area contributed by atoms with Crippen molar-refractivity contribution in [2.75, 3.05) is 6.54 Å². The van der Waals surface area contributed by atoms with E-state index in [1.807, 2.05) is 0 Å². The van der Waals surface area contributed by atoms with Crippen molar-refractivity contribution in [2.45, 2.75) is 24.8 Å². The molecule has 0 aliphatic carbocycles. The fraction of sp³-hybridized carbons (Fsp3) is 0.267. The molecule has 4 rings (SSSR count). The van der Waals surface area contributed by atoms with Crippen molar-refractivity contribution in [3.05, 3.63) is 56.2 Å². The monoisotopic (exact) mass is 362 g/mol. The van der Waals surface area contributed by atoms with Crippen LogP contribution in [-0.2, 0) is 23.0 Å². The third-order valence-electron chi connectivity index (χ3n) is 4.31. The highest BCUT2D eigenvalue weighted by atomic mass is 32.2. The Balaban J connectivity index is 1.79. The van der Waals surface area contributed by atoms with E-state index >= 15 is 0 Å². The lowest BCUT2D eigenvalue weighted by Crippen LogP contribution is -2.39. The molecule has 25 heavy (non-hydrogen) atoms. The summed E-state index contributed by atoms with van der Waals surface area (Å²) in [6.45, 7) is 1.85. The quantitative estimate of drug-likeness (QED) is 0.673. The second kappa shape index (κ2) is 5.39. The molecule has 130 valence electrons. The Bertz CT molecular complexity index is 1200. The summed E-state index contributed by atoms with van der Waals surface area (Å²) in [4.78, 5) is 32.2. The first kappa shape index (κ1) is 15.8. The molecule has 0 unspecified atom stereocenters. The summed E-state index contributed by atoms with van der Waals surface area (Å²) >= 11 is 0. The molecule has 1 aliphatic rings. The van der Waals surface area contributed by atoms with Crippen molar-refractivity contribution < 1.29 is 12.8 Å². The highest BCUT2D eigenvalue weighted by Gasteiger charge is 2.31. The zero-order valence-corrected chi connectivity index (χ0v) is 14.0. The van der Waals surface area contributed by atoms with E-state index in [4.69, 9.17) is 4.42 Å². The SMILES string of the molecule is Cc1cc2[nH]c(=O)oc2cc1S(=O)(=O)N1CCc2c(nc[nH]c2=O)C1. The van der Waals surface area contributed by atoms with Crippen LogP contribution in [0.1, 0.15) is 16.8 Å². The molecule has 0 saturated heterocycles. The number of H-pyrrole nitrogens is 2. The number of benzene rings is 1. The largest absolute Gasteiger partial charge is 0.417 e. The summed E-state index contributed by atoms with van der Waals surface area (Å²) in [7, 11) is -3.83. The fourth-order valence-corrected chi connectivity index (χ4v) is 4.67.